The zero-order valence-electron chi connectivity index (χ0n) is 16.2. The second-order valence-electron chi connectivity index (χ2n) is 7.38. The molecule has 6 heteroatoms. The van der Waals surface area contributed by atoms with E-state index < -0.39 is 0 Å². The van der Waals surface area contributed by atoms with Crippen LogP contribution in [0.2, 0.25) is 0 Å². The molecule has 29 heavy (non-hydrogen) atoms. The fourth-order valence-corrected chi connectivity index (χ4v) is 4.04. The lowest BCUT2D eigenvalue weighted by molar-refractivity contribution is 0.528. The maximum absolute atomic E-state index is 4.68. The first-order valence-corrected chi connectivity index (χ1v) is 9.45. The van der Waals surface area contributed by atoms with E-state index in [1.165, 1.54) is 22.3 Å². The number of aryl methyl sites for hydroxylation is 1. The van der Waals surface area contributed by atoms with Gasteiger partial charge in [-0.2, -0.15) is 0 Å². The average molecular weight is 427 g/mol. The molecule has 2 aromatic carbocycles. The Kier molecular flexibility index (Phi) is 6.58. The van der Waals surface area contributed by atoms with E-state index in [9.17, 15) is 0 Å². The van der Waals surface area contributed by atoms with Crippen molar-refractivity contribution in [2.75, 3.05) is 0 Å². The molecule has 0 atom stereocenters. The number of benzene rings is 2. The Bertz CT molecular complexity index is 1080. The van der Waals surface area contributed by atoms with Gasteiger partial charge in [-0.1, -0.05) is 30.3 Å². The molecule has 0 unspecified atom stereocenters. The van der Waals surface area contributed by atoms with Crippen molar-refractivity contribution >= 4 is 35.8 Å². The maximum atomic E-state index is 4.68. The van der Waals surface area contributed by atoms with Crippen LogP contribution in [0.15, 0.2) is 61.1 Å². The summed E-state index contributed by atoms with van der Waals surface area (Å²) < 4.78 is 0. The van der Waals surface area contributed by atoms with Gasteiger partial charge < -0.3 is 10.3 Å². The lowest BCUT2D eigenvalue weighted by Crippen LogP contribution is -2.29. The highest BCUT2D eigenvalue weighted by atomic mass is 35.5. The van der Waals surface area contributed by atoms with E-state index in [4.69, 9.17) is 0 Å². The van der Waals surface area contributed by atoms with Crippen molar-refractivity contribution in [3.8, 4) is 11.1 Å². The predicted octanol–water partition coefficient (Wildman–Crippen LogP) is 5.03. The van der Waals surface area contributed by atoms with E-state index in [0.29, 0.717) is 6.04 Å². The van der Waals surface area contributed by atoms with Crippen LogP contribution in [0.1, 0.15) is 22.4 Å². The van der Waals surface area contributed by atoms with Gasteiger partial charge in [0.2, 0.25) is 0 Å². The zero-order chi connectivity index (χ0) is 18.2. The topological polar surface area (TPSA) is 53.6 Å². The Morgan fingerprint density at radius 1 is 1.00 bits per heavy atom. The van der Waals surface area contributed by atoms with Crippen LogP contribution >= 0.6 is 24.8 Å². The molecule has 4 aromatic rings. The van der Waals surface area contributed by atoms with Crippen molar-refractivity contribution in [2.45, 2.75) is 32.4 Å². The Morgan fingerprint density at radius 2 is 1.76 bits per heavy atom. The van der Waals surface area contributed by atoms with E-state index in [2.05, 4.69) is 75.7 Å². The molecular formula is C23H24Cl2N4. The number of nitrogens with zero attached hydrogens (tertiary/aromatic N) is 2. The van der Waals surface area contributed by atoms with E-state index in [1.807, 2.05) is 6.20 Å². The normalized spacial score (nSPS) is 13.0. The second kappa shape index (κ2) is 8.95. The number of halogens is 2. The number of aromatic amines is 1. The smallest absolute Gasteiger partial charge is 0.0931 e. The van der Waals surface area contributed by atoms with Gasteiger partial charge in [-0.3, -0.25) is 4.98 Å². The molecule has 0 aliphatic heterocycles. The summed E-state index contributed by atoms with van der Waals surface area (Å²) in [5.74, 6) is 0. The molecular weight excluding hydrogens is 403 g/mol. The molecule has 0 bridgehead atoms. The number of aromatic nitrogens is 3. The molecule has 4 nitrogen and oxygen atoms in total. The minimum atomic E-state index is 0. The van der Waals surface area contributed by atoms with Gasteiger partial charge in [0, 0.05) is 24.3 Å². The fourth-order valence-electron chi connectivity index (χ4n) is 4.04. The van der Waals surface area contributed by atoms with Crippen LogP contribution < -0.4 is 5.32 Å². The average Bonchev–Trinajstić information content (AvgIpc) is 3.32. The van der Waals surface area contributed by atoms with Crippen molar-refractivity contribution < 1.29 is 0 Å². The lowest BCUT2D eigenvalue weighted by atomic mass is 10.0. The molecule has 0 amide bonds. The summed E-state index contributed by atoms with van der Waals surface area (Å²) in [6, 6.07) is 17.8. The first-order chi connectivity index (χ1) is 13.3. The molecule has 1 aliphatic carbocycles. The minimum absolute atomic E-state index is 0. The summed E-state index contributed by atoms with van der Waals surface area (Å²) in [6.45, 7) is 2.93. The molecule has 2 heterocycles. The minimum Gasteiger partial charge on any atom is -0.345 e. The van der Waals surface area contributed by atoms with Crippen molar-refractivity contribution in [1.29, 1.82) is 0 Å². The zero-order valence-corrected chi connectivity index (χ0v) is 17.8. The molecule has 0 radical (unpaired) electrons. The van der Waals surface area contributed by atoms with Crippen LogP contribution in [-0.4, -0.2) is 21.0 Å². The van der Waals surface area contributed by atoms with Gasteiger partial charge in [0.15, 0.2) is 0 Å². The molecule has 0 fully saturated rings. The fraction of sp³-hybridized carbons (Fsp3) is 0.217. The highest BCUT2D eigenvalue weighted by Crippen LogP contribution is 2.27. The summed E-state index contributed by atoms with van der Waals surface area (Å²) in [5, 5.41) is 3.66. The number of hydrogen-bond donors (Lipinski definition) is 2. The van der Waals surface area contributed by atoms with Crippen LogP contribution in [0.5, 0.6) is 0 Å². The van der Waals surface area contributed by atoms with E-state index in [-0.39, 0.29) is 24.8 Å². The maximum Gasteiger partial charge on any atom is 0.0931 e. The Hall–Kier alpha value is -2.40. The number of imidazole rings is 1. The van der Waals surface area contributed by atoms with E-state index in [0.717, 1.165) is 41.7 Å². The molecule has 0 spiro atoms. The summed E-state index contributed by atoms with van der Waals surface area (Å²) in [5.41, 5.74) is 9.63. The third kappa shape index (κ3) is 4.30. The summed E-state index contributed by atoms with van der Waals surface area (Å²) in [4.78, 5) is 12.2. The highest BCUT2D eigenvalue weighted by Gasteiger charge is 2.20. The van der Waals surface area contributed by atoms with Gasteiger partial charge >= 0.3 is 0 Å². The van der Waals surface area contributed by atoms with Crippen molar-refractivity contribution in [3.05, 3.63) is 83.4 Å². The first kappa shape index (κ1) is 21.3. The van der Waals surface area contributed by atoms with Crippen molar-refractivity contribution in [2.24, 2.45) is 0 Å². The standard InChI is InChI=1S/C23H22N4.2ClH/c1-15-8-22-23(27-14-26-22)11-21(15)18-6-7-19(24-12-18)13-25-20-9-16-4-2-3-5-17(16)10-20;;/h2-8,11-12,14,20,25H,9-10,13H2,1H3,(H,26,27);2*1H. The molecule has 0 saturated heterocycles. The van der Waals surface area contributed by atoms with E-state index >= 15 is 0 Å². The Morgan fingerprint density at radius 3 is 2.45 bits per heavy atom. The largest absolute Gasteiger partial charge is 0.345 e. The number of nitrogens with one attached hydrogen (secondary N) is 2. The van der Waals surface area contributed by atoms with Gasteiger partial charge in [0.25, 0.3) is 0 Å². The third-order valence-electron chi connectivity index (χ3n) is 5.52. The number of hydrogen-bond acceptors (Lipinski definition) is 3. The molecule has 2 N–H and O–H groups in total. The van der Waals surface area contributed by atoms with Crippen LogP contribution in [0.25, 0.3) is 22.2 Å². The monoisotopic (exact) mass is 426 g/mol. The Labute approximate surface area is 183 Å². The van der Waals surface area contributed by atoms with Gasteiger partial charge in [-0.15, -0.1) is 24.8 Å². The molecule has 150 valence electrons. The van der Waals surface area contributed by atoms with Gasteiger partial charge in [0.1, 0.15) is 0 Å². The SMILES string of the molecule is Cc1cc2[nH]cnc2cc1-c1ccc(CNC2Cc3ccccc3C2)nc1.Cl.Cl. The first-order valence-electron chi connectivity index (χ1n) is 9.45. The molecule has 5 rings (SSSR count). The lowest BCUT2D eigenvalue weighted by Gasteiger charge is -2.12. The molecule has 2 aromatic heterocycles. The van der Waals surface area contributed by atoms with Crippen molar-refractivity contribution in [3.63, 3.8) is 0 Å². The molecule has 1 aliphatic rings. The van der Waals surface area contributed by atoms with Gasteiger partial charge in [0.05, 0.1) is 23.1 Å². The summed E-state index contributed by atoms with van der Waals surface area (Å²) in [6.07, 6.45) is 5.93. The number of pyridine rings is 1. The Balaban J connectivity index is 0.00000120. The van der Waals surface area contributed by atoms with Crippen LogP contribution in [0.3, 0.4) is 0 Å². The summed E-state index contributed by atoms with van der Waals surface area (Å²) in [7, 11) is 0. The third-order valence-corrected chi connectivity index (χ3v) is 5.52. The van der Waals surface area contributed by atoms with Crippen LogP contribution in [0, 0.1) is 6.92 Å². The second-order valence-corrected chi connectivity index (χ2v) is 7.38. The number of rotatable bonds is 4. The predicted molar refractivity (Wildman–Crippen MR) is 123 cm³/mol. The quantitative estimate of drug-likeness (QED) is 0.480. The highest BCUT2D eigenvalue weighted by molar-refractivity contribution is 5.85. The van der Waals surface area contributed by atoms with Crippen LogP contribution in [-0.2, 0) is 19.4 Å². The number of H-pyrrole nitrogens is 1. The van der Waals surface area contributed by atoms with Crippen LogP contribution in [0.4, 0.5) is 0 Å². The van der Waals surface area contributed by atoms with Crippen molar-refractivity contribution in [1.82, 2.24) is 20.3 Å². The number of fused-ring (bicyclic) bond motifs is 2. The summed E-state index contributed by atoms with van der Waals surface area (Å²) >= 11 is 0. The van der Waals surface area contributed by atoms with Gasteiger partial charge in [-0.25, -0.2) is 4.98 Å². The van der Waals surface area contributed by atoms with Gasteiger partial charge in [-0.05, 0) is 60.2 Å². The van der Waals surface area contributed by atoms with E-state index in [1.54, 1.807) is 6.33 Å². The molecule has 0 saturated carbocycles.